The summed E-state index contributed by atoms with van der Waals surface area (Å²) in [7, 11) is 0. The Morgan fingerprint density at radius 2 is 1.67 bits per heavy atom. The summed E-state index contributed by atoms with van der Waals surface area (Å²) < 4.78 is 0. The van der Waals surface area contributed by atoms with Crippen molar-refractivity contribution >= 4 is 5.78 Å². The van der Waals surface area contributed by atoms with Crippen molar-refractivity contribution < 1.29 is 4.79 Å². The predicted octanol–water partition coefficient (Wildman–Crippen LogP) is 2.89. The average Bonchev–Trinajstić information content (AvgIpc) is 2.23. The second-order valence-electron chi connectivity index (χ2n) is 3.26. The zero-order valence-electron chi connectivity index (χ0n) is 8.91. The molecule has 0 aromatic carbocycles. The topological polar surface area (TPSA) is 64.7 Å². The van der Waals surface area contributed by atoms with E-state index in [0.717, 1.165) is 12.8 Å². The Hall–Kier alpha value is -1.61. The molecule has 0 rings (SSSR count). The van der Waals surface area contributed by atoms with Gasteiger partial charge >= 0.3 is 0 Å². The lowest BCUT2D eigenvalue weighted by Gasteiger charge is -1.95. The highest BCUT2D eigenvalue weighted by Crippen LogP contribution is 2.02. The van der Waals surface area contributed by atoms with Gasteiger partial charge in [-0.3, -0.25) is 4.79 Å². The maximum atomic E-state index is 11.2. The number of nitriles is 2. The summed E-state index contributed by atoms with van der Waals surface area (Å²) in [5.41, 5.74) is 0. The van der Waals surface area contributed by atoms with Crippen LogP contribution in [0.4, 0.5) is 0 Å². The van der Waals surface area contributed by atoms with Crippen LogP contribution in [0.1, 0.15) is 44.9 Å². The number of ketones is 1. The fourth-order valence-electron chi connectivity index (χ4n) is 1.12. The average molecular weight is 204 g/mol. The van der Waals surface area contributed by atoms with E-state index in [4.69, 9.17) is 10.5 Å². The first-order valence-corrected chi connectivity index (χ1v) is 5.22. The number of rotatable bonds is 8. The summed E-state index contributed by atoms with van der Waals surface area (Å²) in [6.07, 6.45) is 8.12. The fraction of sp³-hybridized carbons (Fsp3) is 0.583. The van der Waals surface area contributed by atoms with Gasteiger partial charge in [0.1, 0.15) is 5.78 Å². The summed E-state index contributed by atoms with van der Waals surface area (Å²) in [6.45, 7) is 0. The summed E-state index contributed by atoms with van der Waals surface area (Å²) >= 11 is 0. The molecule has 0 fully saturated rings. The molecule has 0 spiro atoms. The molecule has 0 amide bonds. The Morgan fingerprint density at radius 1 is 1.00 bits per heavy atom. The van der Waals surface area contributed by atoms with Gasteiger partial charge in [0.25, 0.3) is 0 Å². The predicted molar refractivity (Wildman–Crippen MR) is 57.7 cm³/mol. The van der Waals surface area contributed by atoms with E-state index in [1.165, 1.54) is 0 Å². The molecule has 0 aliphatic heterocycles. The lowest BCUT2D eigenvalue weighted by molar-refractivity contribution is -0.119. The molecule has 3 heteroatoms. The zero-order valence-corrected chi connectivity index (χ0v) is 8.91. The van der Waals surface area contributed by atoms with Gasteiger partial charge in [-0.25, -0.2) is 0 Å². The van der Waals surface area contributed by atoms with E-state index < -0.39 is 0 Å². The van der Waals surface area contributed by atoms with Crippen LogP contribution >= 0.6 is 0 Å². The summed E-state index contributed by atoms with van der Waals surface area (Å²) in [5.74, 6) is 0.218. The standard InChI is InChI=1S/C12H16N2O/c13-10-6-3-1-2-4-8-12(15)9-5-7-11-14/h1-2H,3-9H2/b2-1+. The van der Waals surface area contributed by atoms with E-state index in [1.54, 1.807) is 0 Å². The summed E-state index contributed by atoms with van der Waals surface area (Å²) in [6, 6.07) is 4.07. The molecule has 0 aliphatic rings. The Labute approximate surface area is 91.0 Å². The van der Waals surface area contributed by atoms with E-state index in [-0.39, 0.29) is 5.78 Å². The maximum Gasteiger partial charge on any atom is 0.133 e. The molecular weight excluding hydrogens is 188 g/mol. The Kier molecular flexibility index (Phi) is 9.35. The number of Topliss-reactive ketones (excluding diaryl/α,β-unsaturated/α-hetero) is 1. The van der Waals surface area contributed by atoms with Crippen LogP contribution in [0.15, 0.2) is 12.2 Å². The monoisotopic (exact) mass is 204 g/mol. The number of nitrogens with zero attached hydrogens (tertiary/aromatic N) is 2. The molecule has 0 aromatic heterocycles. The minimum atomic E-state index is 0.218. The van der Waals surface area contributed by atoms with E-state index in [2.05, 4.69) is 6.07 Å². The smallest absolute Gasteiger partial charge is 0.133 e. The van der Waals surface area contributed by atoms with Gasteiger partial charge in [-0.05, 0) is 19.3 Å². The van der Waals surface area contributed by atoms with Gasteiger partial charge in [0.2, 0.25) is 0 Å². The van der Waals surface area contributed by atoms with Gasteiger partial charge in [-0.1, -0.05) is 12.2 Å². The van der Waals surface area contributed by atoms with Crippen LogP contribution in [0.5, 0.6) is 0 Å². The normalized spacial score (nSPS) is 9.73. The largest absolute Gasteiger partial charge is 0.300 e. The van der Waals surface area contributed by atoms with Crippen molar-refractivity contribution in [2.24, 2.45) is 0 Å². The number of carbonyl (C=O) groups excluding carboxylic acids is 1. The van der Waals surface area contributed by atoms with Crippen molar-refractivity contribution in [1.29, 1.82) is 10.5 Å². The summed E-state index contributed by atoms with van der Waals surface area (Å²) in [4.78, 5) is 11.2. The maximum absolute atomic E-state index is 11.2. The highest BCUT2D eigenvalue weighted by Gasteiger charge is 1.99. The molecular formula is C12H16N2O. The molecule has 0 saturated carbocycles. The van der Waals surface area contributed by atoms with Crippen LogP contribution in [0, 0.1) is 22.7 Å². The third-order valence-corrected chi connectivity index (χ3v) is 1.92. The first-order chi connectivity index (χ1) is 7.31. The molecule has 0 heterocycles. The van der Waals surface area contributed by atoms with Gasteiger partial charge in [-0.2, -0.15) is 10.5 Å². The molecule has 0 aliphatic carbocycles. The molecule has 0 saturated heterocycles. The van der Waals surface area contributed by atoms with Gasteiger partial charge in [-0.15, -0.1) is 0 Å². The van der Waals surface area contributed by atoms with Crippen molar-refractivity contribution in [2.45, 2.75) is 44.9 Å². The number of hydrogen-bond acceptors (Lipinski definition) is 3. The van der Waals surface area contributed by atoms with Crippen LogP contribution in [0.3, 0.4) is 0 Å². The van der Waals surface area contributed by atoms with Crippen molar-refractivity contribution in [3.63, 3.8) is 0 Å². The minimum Gasteiger partial charge on any atom is -0.300 e. The van der Waals surface area contributed by atoms with Crippen LogP contribution in [0.2, 0.25) is 0 Å². The quantitative estimate of drug-likeness (QED) is 0.451. The molecule has 15 heavy (non-hydrogen) atoms. The van der Waals surface area contributed by atoms with E-state index in [9.17, 15) is 4.79 Å². The molecule has 0 bridgehead atoms. The Balaban J connectivity index is 3.35. The van der Waals surface area contributed by atoms with Crippen LogP contribution in [-0.2, 0) is 4.79 Å². The number of allylic oxidation sites excluding steroid dienone is 2. The van der Waals surface area contributed by atoms with Gasteiger partial charge in [0, 0.05) is 25.7 Å². The Morgan fingerprint density at radius 3 is 2.33 bits per heavy atom. The SMILES string of the molecule is N#CCC/C=C/CCC(=O)CCCC#N. The van der Waals surface area contributed by atoms with Gasteiger partial charge < -0.3 is 0 Å². The van der Waals surface area contributed by atoms with Crippen LogP contribution in [0.25, 0.3) is 0 Å². The summed E-state index contributed by atoms with van der Waals surface area (Å²) in [5, 5.41) is 16.5. The third-order valence-electron chi connectivity index (χ3n) is 1.92. The van der Waals surface area contributed by atoms with Gasteiger partial charge in [0.05, 0.1) is 12.1 Å². The fourth-order valence-corrected chi connectivity index (χ4v) is 1.12. The van der Waals surface area contributed by atoms with Crippen molar-refractivity contribution in [1.82, 2.24) is 0 Å². The molecule has 80 valence electrons. The third kappa shape index (κ3) is 10.3. The molecule has 0 unspecified atom stereocenters. The number of hydrogen-bond donors (Lipinski definition) is 0. The first-order valence-electron chi connectivity index (χ1n) is 5.22. The Bertz CT molecular complexity index is 281. The lowest BCUT2D eigenvalue weighted by Crippen LogP contribution is -1.95. The molecule has 0 aromatic rings. The zero-order chi connectivity index (χ0) is 11.4. The minimum absolute atomic E-state index is 0.218. The highest BCUT2D eigenvalue weighted by molar-refractivity contribution is 5.78. The second-order valence-corrected chi connectivity index (χ2v) is 3.26. The highest BCUT2D eigenvalue weighted by atomic mass is 16.1. The lowest BCUT2D eigenvalue weighted by atomic mass is 10.1. The van der Waals surface area contributed by atoms with Crippen molar-refractivity contribution in [3.05, 3.63) is 12.2 Å². The first kappa shape index (κ1) is 13.4. The second kappa shape index (κ2) is 10.5. The van der Waals surface area contributed by atoms with E-state index in [0.29, 0.717) is 32.1 Å². The molecule has 3 nitrogen and oxygen atoms in total. The molecule has 0 radical (unpaired) electrons. The molecule has 0 N–H and O–H groups in total. The van der Waals surface area contributed by atoms with Crippen LogP contribution < -0.4 is 0 Å². The van der Waals surface area contributed by atoms with Crippen molar-refractivity contribution in [3.8, 4) is 12.1 Å². The van der Waals surface area contributed by atoms with E-state index >= 15 is 0 Å². The van der Waals surface area contributed by atoms with E-state index in [1.807, 2.05) is 18.2 Å². The number of carbonyl (C=O) groups is 1. The number of unbranched alkanes of at least 4 members (excludes halogenated alkanes) is 2. The van der Waals surface area contributed by atoms with Crippen molar-refractivity contribution in [2.75, 3.05) is 0 Å². The van der Waals surface area contributed by atoms with Gasteiger partial charge in [0.15, 0.2) is 0 Å². The molecule has 0 atom stereocenters. The van der Waals surface area contributed by atoms with Crippen LogP contribution in [-0.4, -0.2) is 5.78 Å².